The molecule has 0 aliphatic carbocycles. The van der Waals surface area contributed by atoms with Crippen LogP contribution in [0.3, 0.4) is 0 Å². The summed E-state index contributed by atoms with van der Waals surface area (Å²) in [6, 6.07) is 8.13. The standard InChI is InChI=1S/C16H18Br2O3/c1-10-8-13(11(2)21-10)16(18)12-4-5-15(14(17)9-12)20-7-6-19-3/h4-5,8-9,16H,6-7H2,1-3H3. The lowest BCUT2D eigenvalue weighted by molar-refractivity contribution is 0.146. The van der Waals surface area contributed by atoms with Crippen molar-refractivity contribution in [3.05, 3.63) is 51.4 Å². The van der Waals surface area contributed by atoms with Crippen LogP contribution in [0, 0.1) is 13.8 Å². The van der Waals surface area contributed by atoms with Gasteiger partial charge in [0.05, 0.1) is 15.9 Å². The van der Waals surface area contributed by atoms with Crippen LogP contribution in [0.5, 0.6) is 5.75 Å². The molecule has 1 aromatic heterocycles. The normalized spacial score (nSPS) is 12.4. The van der Waals surface area contributed by atoms with Gasteiger partial charge in [0.25, 0.3) is 0 Å². The van der Waals surface area contributed by atoms with E-state index in [0.29, 0.717) is 13.2 Å². The summed E-state index contributed by atoms with van der Waals surface area (Å²) in [6.45, 7) is 5.04. The van der Waals surface area contributed by atoms with Gasteiger partial charge >= 0.3 is 0 Å². The third-order valence-electron chi connectivity index (χ3n) is 3.15. The van der Waals surface area contributed by atoms with Gasteiger partial charge in [-0.2, -0.15) is 0 Å². The predicted molar refractivity (Wildman–Crippen MR) is 90.5 cm³/mol. The van der Waals surface area contributed by atoms with Crippen molar-refractivity contribution in [3.8, 4) is 5.75 Å². The maximum absolute atomic E-state index is 5.64. The summed E-state index contributed by atoms with van der Waals surface area (Å²) < 4.78 is 17.1. The molecular weight excluding hydrogens is 400 g/mol. The van der Waals surface area contributed by atoms with Gasteiger partial charge < -0.3 is 13.9 Å². The molecule has 1 unspecified atom stereocenters. The molecule has 0 spiro atoms. The Morgan fingerprint density at radius 1 is 1.19 bits per heavy atom. The molecule has 1 heterocycles. The number of hydrogen-bond donors (Lipinski definition) is 0. The van der Waals surface area contributed by atoms with Gasteiger partial charge in [-0.15, -0.1) is 0 Å². The highest BCUT2D eigenvalue weighted by Gasteiger charge is 2.17. The summed E-state index contributed by atoms with van der Waals surface area (Å²) >= 11 is 7.29. The minimum Gasteiger partial charge on any atom is -0.490 e. The number of benzene rings is 1. The van der Waals surface area contributed by atoms with Gasteiger partial charge in [-0.3, -0.25) is 0 Å². The molecule has 0 saturated carbocycles. The van der Waals surface area contributed by atoms with E-state index in [4.69, 9.17) is 13.9 Å². The number of aryl methyl sites for hydroxylation is 2. The van der Waals surface area contributed by atoms with Crippen molar-refractivity contribution in [2.45, 2.75) is 18.7 Å². The Bertz CT molecular complexity index is 608. The second kappa shape index (κ2) is 7.47. The van der Waals surface area contributed by atoms with Crippen LogP contribution in [0.4, 0.5) is 0 Å². The van der Waals surface area contributed by atoms with Gasteiger partial charge in [-0.25, -0.2) is 0 Å². The van der Waals surface area contributed by atoms with Gasteiger partial charge in [-0.1, -0.05) is 22.0 Å². The maximum Gasteiger partial charge on any atom is 0.133 e. The van der Waals surface area contributed by atoms with E-state index in [1.54, 1.807) is 7.11 Å². The van der Waals surface area contributed by atoms with E-state index < -0.39 is 0 Å². The Kier molecular flexibility index (Phi) is 5.90. The molecule has 1 aromatic carbocycles. The molecule has 1 atom stereocenters. The van der Waals surface area contributed by atoms with E-state index in [9.17, 15) is 0 Å². The summed E-state index contributed by atoms with van der Waals surface area (Å²) in [4.78, 5) is 0.0966. The summed E-state index contributed by atoms with van der Waals surface area (Å²) in [5.41, 5.74) is 2.29. The zero-order valence-electron chi connectivity index (χ0n) is 12.3. The Labute approximate surface area is 141 Å². The Balaban J connectivity index is 2.17. The fraction of sp³-hybridized carbons (Fsp3) is 0.375. The van der Waals surface area contributed by atoms with E-state index in [2.05, 4.69) is 44.0 Å². The van der Waals surface area contributed by atoms with Gasteiger partial charge in [0.15, 0.2) is 0 Å². The first-order chi connectivity index (χ1) is 10.0. The van der Waals surface area contributed by atoms with Gasteiger partial charge in [0.2, 0.25) is 0 Å². The highest BCUT2D eigenvalue weighted by molar-refractivity contribution is 9.10. The molecule has 0 aliphatic rings. The minimum absolute atomic E-state index is 0.0966. The van der Waals surface area contributed by atoms with Crippen LogP contribution < -0.4 is 4.74 Å². The van der Waals surface area contributed by atoms with Crippen molar-refractivity contribution < 1.29 is 13.9 Å². The molecule has 0 N–H and O–H groups in total. The van der Waals surface area contributed by atoms with Crippen molar-refractivity contribution in [1.82, 2.24) is 0 Å². The first kappa shape index (κ1) is 16.6. The summed E-state index contributed by atoms with van der Waals surface area (Å²) in [7, 11) is 1.66. The molecule has 0 radical (unpaired) electrons. The van der Waals surface area contributed by atoms with Crippen LogP contribution >= 0.6 is 31.9 Å². The van der Waals surface area contributed by atoms with Gasteiger partial charge in [-0.05, 0) is 53.5 Å². The Hall–Kier alpha value is -0.780. The minimum atomic E-state index is 0.0966. The monoisotopic (exact) mass is 416 g/mol. The fourth-order valence-corrected chi connectivity index (χ4v) is 3.36. The lowest BCUT2D eigenvalue weighted by Crippen LogP contribution is -2.05. The topological polar surface area (TPSA) is 31.6 Å². The van der Waals surface area contributed by atoms with Crippen LogP contribution in [0.15, 0.2) is 33.2 Å². The highest BCUT2D eigenvalue weighted by atomic mass is 79.9. The molecule has 2 rings (SSSR count). The molecule has 2 aromatic rings. The second-order valence-corrected chi connectivity index (χ2v) is 6.53. The van der Waals surface area contributed by atoms with Crippen molar-refractivity contribution >= 4 is 31.9 Å². The van der Waals surface area contributed by atoms with E-state index in [1.165, 1.54) is 0 Å². The summed E-state index contributed by atoms with van der Waals surface area (Å²) in [5, 5.41) is 0. The molecule has 0 amide bonds. The third kappa shape index (κ3) is 4.11. The number of hydrogen-bond acceptors (Lipinski definition) is 3. The zero-order valence-corrected chi connectivity index (χ0v) is 15.5. The van der Waals surface area contributed by atoms with E-state index in [1.807, 2.05) is 26.0 Å². The van der Waals surface area contributed by atoms with Crippen LogP contribution in [0.25, 0.3) is 0 Å². The zero-order chi connectivity index (χ0) is 15.4. The van der Waals surface area contributed by atoms with Crippen molar-refractivity contribution in [3.63, 3.8) is 0 Å². The van der Waals surface area contributed by atoms with Crippen molar-refractivity contribution in [2.24, 2.45) is 0 Å². The summed E-state index contributed by atoms with van der Waals surface area (Å²) in [5.74, 6) is 2.67. The molecule has 0 bridgehead atoms. The summed E-state index contributed by atoms with van der Waals surface area (Å²) in [6.07, 6.45) is 0. The molecule has 5 heteroatoms. The molecule has 21 heavy (non-hydrogen) atoms. The number of furan rings is 1. The van der Waals surface area contributed by atoms with Crippen LogP contribution in [-0.2, 0) is 4.74 Å². The molecule has 114 valence electrons. The number of rotatable bonds is 6. The molecule has 3 nitrogen and oxygen atoms in total. The number of methoxy groups -OCH3 is 1. The Morgan fingerprint density at radius 2 is 1.95 bits per heavy atom. The molecular formula is C16H18Br2O3. The SMILES string of the molecule is COCCOc1ccc(C(Br)c2cc(C)oc2C)cc1Br. The lowest BCUT2D eigenvalue weighted by Gasteiger charge is -2.13. The number of halogens is 2. The first-order valence-corrected chi connectivity index (χ1v) is 8.36. The first-order valence-electron chi connectivity index (χ1n) is 6.65. The average Bonchev–Trinajstić information content (AvgIpc) is 2.79. The quantitative estimate of drug-likeness (QED) is 0.480. The van der Waals surface area contributed by atoms with E-state index in [0.717, 1.165) is 32.9 Å². The number of ether oxygens (including phenoxy) is 2. The van der Waals surface area contributed by atoms with Crippen LogP contribution in [-0.4, -0.2) is 20.3 Å². The second-order valence-electron chi connectivity index (χ2n) is 4.76. The molecule has 0 saturated heterocycles. The Morgan fingerprint density at radius 3 is 2.52 bits per heavy atom. The molecule has 0 fully saturated rings. The highest BCUT2D eigenvalue weighted by Crippen LogP contribution is 2.37. The lowest BCUT2D eigenvalue weighted by atomic mass is 10.1. The van der Waals surface area contributed by atoms with Gasteiger partial charge in [0, 0.05) is 12.7 Å². The van der Waals surface area contributed by atoms with E-state index in [-0.39, 0.29) is 4.83 Å². The average molecular weight is 418 g/mol. The fourth-order valence-electron chi connectivity index (χ4n) is 2.11. The van der Waals surface area contributed by atoms with Crippen LogP contribution in [0.2, 0.25) is 0 Å². The van der Waals surface area contributed by atoms with Gasteiger partial charge in [0.1, 0.15) is 23.9 Å². The smallest absolute Gasteiger partial charge is 0.133 e. The third-order valence-corrected chi connectivity index (χ3v) is 4.79. The van der Waals surface area contributed by atoms with Crippen molar-refractivity contribution in [1.29, 1.82) is 0 Å². The number of alkyl halides is 1. The maximum atomic E-state index is 5.64. The molecule has 0 aliphatic heterocycles. The van der Waals surface area contributed by atoms with Crippen LogP contribution in [0.1, 0.15) is 27.5 Å². The van der Waals surface area contributed by atoms with Crippen molar-refractivity contribution in [2.75, 3.05) is 20.3 Å². The van der Waals surface area contributed by atoms with E-state index >= 15 is 0 Å². The largest absolute Gasteiger partial charge is 0.490 e. The predicted octanol–water partition coefficient (Wildman–Crippen LogP) is 5.17.